The molecule has 3 rings (SSSR count). The van der Waals surface area contributed by atoms with E-state index in [1.165, 1.54) is 0 Å². The minimum absolute atomic E-state index is 0.0705. The van der Waals surface area contributed by atoms with Crippen LogP contribution >= 0.6 is 0 Å². The van der Waals surface area contributed by atoms with Gasteiger partial charge in [0.2, 0.25) is 0 Å². The summed E-state index contributed by atoms with van der Waals surface area (Å²) in [6.07, 6.45) is 0. The summed E-state index contributed by atoms with van der Waals surface area (Å²) in [6.45, 7) is 3.57. The molecule has 29 heavy (non-hydrogen) atoms. The summed E-state index contributed by atoms with van der Waals surface area (Å²) in [5, 5.41) is 0. The fraction of sp³-hybridized carbons (Fsp3) is 0.174. The molecule has 0 saturated heterocycles. The molecule has 0 saturated carbocycles. The molecular formula is C23H21NO5. The van der Waals surface area contributed by atoms with E-state index in [9.17, 15) is 14.4 Å². The van der Waals surface area contributed by atoms with E-state index in [4.69, 9.17) is 9.47 Å². The van der Waals surface area contributed by atoms with E-state index in [0.29, 0.717) is 22.4 Å². The highest BCUT2D eigenvalue weighted by molar-refractivity contribution is 6.43. The number of benzene rings is 2. The molecule has 0 spiro atoms. The summed E-state index contributed by atoms with van der Waals surface area (Å²) in [7, 11) is 0. The van der Waals surface area contributed by atoms with Crippen molar-refractivity contribution < 1.29 is 23.9 Å². The van der Waals surface area contributed by atoms with Crippen molar-refractivity contribution in [2.45, 2.75) is 13.8 Å². The number of hydrogen-bond acceptors (Lipinski definition) is 5. The van der Waals surface area contributed by atoms with Crippen molar-refractivity contribution >= 4 is 17.7 Å². The molecule has 0 aliphatic rings. The third kappa shape index (κ3) is 4.11. The number of ketones is 1. The number of Topliss-reactive ketones (excluding diaryl/α,β-unsaturated/α-hetero) is 1. The first-order valence-electron chi connectivity index (χ1n) is 9.33. The molecule has 6 nitrogen and oxygen atoms in total. The van der Waals surface area contributed by atoms with Gasteiger partial charge in [0.05, 0.1) is 24.5 Å². The van der Waals surface area contributed by atoms with Crippen LogP contribution in [0, 0.1) is 0 Å². The Hall–Kier alpha value is -3.67. The summed E-state index contributed by atoms with van der Waals surface area (Å²) in [5.74, 6) is -2.40. The van der Waals surface area contributed by atoms with Crippen LogP contribution in [0.4, 0.5) is 0 Å². The Morgan fingerprint density at radius 3 is 1.90 bits per heavy atom. The van der Waals surface area contributed by atoms with Gasteiger partial charge in [-0.3, -0.25) is 4.79 Å². The number of carbonyl (C=O) groups is 3. The number of ether oxygens (including phenoxy) is 2. The van der Waals surface area contributed by atoms with Crippen LogP contribution in [-0.2, 0) is 14.3 Å². The summed E-state index contributed by atoms with van der Waals surface area (Å²) in [6, 6.07) is 18.0. The molecule has 1 heterocycles. The predicted molar refractivity (Wildman–Crippen MR) is 109 cm³/mol. The van der Waals surface area contributed by atoms with Crippen LogP contribution < -0.4 is 0 Å². The van der Waals surface area contributed by atoms with E-state index in [2.05, 4.69) is 4.98 Å². The van der Waals surface area contributed by atoms with Gasteiger partial charge in [0.15, 0.2) is 0 Å². The number of aromatic amines is 1. The number of H-pyrrole nitrogens is 1. The normalized spacial score (nSPS) is 10.4. The largest absolute Gasteiger partial charge is 0.461 e. The van der Waals surface area contributed by atoms with Crippen LogP contribution in [0.25, 0.3) is 22.4 Å². The molecule has 0 amide bonds. The zero-order valence-electron chi connectivity index (χ0n) is 16.2. The molecule has 1 N–H and O–H groups in total. The molecule has 0 fully saturated rings. The molecular weight excluding hydrogens is 370 g/mol. The average molecular weight is 391 g/mol. The lowest BCUT2D eigenvalue weighted by molar-refractivity contribution is -0.137. The maximum absolute atomic E-state index is 13.1. The second kappa shape index (κ2) is 9.01. The van der Waals surface area contributed by atoms with Crippen LogP contribution in [0.3, 0.4) is 0 Å². The van der Waals surface area contributed by atoms with Crippen LogP contribution in [0.15, 0.2) is 60.7 Å². The van der Waals surface area contributed by atoms with E-state index in [-0.39, 0.29) is 24.5 Å². The molecule has 148 valence electrons. The Labute approximate surface area is 168 Å². The number of hydrogen-bond donors (Lipinski definition) is 1. The van der Waals surface area contributed by atoms with Crippen molar-refractivity contribution in [3.8, 4) is 22.4 Å². The molecule has 0 aliphatic carbocycles. The van der Waals surface area contributed by atoms with Gasteiger partial charge in [-0.2, -0.15) is 0 Å². The van der Waals surface area contributed by atoms with Gasteiger partial charge < -0.3 is 14.5 Å². The average Bonchev–Trinajstić information content (AvgIpc) is 3.15. The fourth-order valence-electron chi connectivity index (χ4n) is 3.10. The summed E-state index contributed by atoms with van der Waals surface area (Å²) in [4.78, 5) is 41.1. The minimum Gasteiger partial charge on any atom is -0.461 e. The molecule has 0 unspecified atom stereocenters. The third-order valence-corrected chi connectivity index (χ3v) is 4.29. The molecule has 0 radical (unpaired) electrons. The summed E-state index contributed by atoms with van der Waals surface area (Å²) in [5.41, 5.74) is 2.16. The Kier molecular flexibility index (Phi) is 6.24. The minimum atomic E-state index is -0.976. The second-order valence-corrected chi connectivity index (χ2v) is 6.13. The van der Waals surface area contributed by atoms with E-state index in [1.54, 1.807) is 62.4 Å². The highest BCUT2D eigenvalue weighted by Crippen LogP contribution is 2.36. The van der Waals surface area contributed by atoms with Crippen molar-refractivity contribution in [2.24, 2.45) is 0 Å². The Balaban J connectivity index is 2.33. The quantitative estimate of drug-likeness (QED) is 0.369. The van der Waals surface area contributed by atoms with Crippen LogP contribution in [0.2, 0.25) is 0 Å². The summed E-state index contributed by atoms with van der Waals surface area (Å²) < 4.78 is 10.1. The van der Waals surface area contributed by atoms with Gasteiger partial charge in [-0.15, -0.1) is 0 Å². The molecule has 3 aromatic rings. The topological polar surface area (TPSA) is 85.5 Å². The molecule has 2 aromatic carbocycles. The number of carbonyl (C=O) groups excluding carboxylic acids is 3. The standard InChI is InChI=1S/C23H21NO5/c1-3-28-22(26)20-17(15-11-7-5-8-12-15)18(21(25)23(27)29-4-2)19(24-20)16-13-9-6-10-14-16/h5-14,24H,3-4H2,1-2H3. The number of aromatic nitrogens is 1. The maximum atomic E-state index is 13.1. The first-order chi connectivity index (χ1) is 14.1. The number of nitrogens with one attached hydrogen (secondary N) is 1. The van der Waals surface area contributed by atoms with Crippen molar-refractivity contribution in [3.05, 3.63) is 71.9 Å². The molecule has 1 aromatic heterocycles. The van der Waals surface area contributed by atoms with Crippen molar-refractivity contribution in [3.63, 3.8) is 0 Å². The van der Waals surface area contributed by atoms with Gasteiger partial charge in [-0.05, 0) is 25.0 Å². The monoisotopic (exact) mass is 391 g/mol. The smallest absolute Gasteiger partial charge is 0.379 e. The first kappa shape index (κ1) is 20.1. The molecule has 0 bridgehead atoms. The van der Waals surface area contributed by atoms with Gasteiger partial charge in [0, 0.05) is 5.56 Å². The van der Waals surface area contributed by atoms with E-state index < -0.39 is 17.7 Å². The Morgan fingerprint density at radius 2 is 1.34 bits per heavy atom. The summed E-state index contributed by atoms with van der Waals surface area (Å²) >= 11 is 0. The van der Waals surface area contributed by atoms with Gasteiger partial charge in [0.1, 0.15) is 5.69 Å². The molecule has 0 aliphatic heterocycles. The van der Waals surface area contributed by atoms with E-state index in [1.807, 2.05) is 12.1 Å². The van der Waals surface area contributed by atoms with Gasteiger partial charge in [-0.1, -0.05) is 60.7 Å². The highest BCUT2D eigenvalue weighted by atomic mass is 16.5. The third-order valence-electron chi connectivity index (χ3n) is 4.29. The lowest BCUT2D eigenvalue weighted by atomic mass is 9.95. The van der Waals surface area contributed by atoms with E-state index >= 15 is 0 Å². The number of rotatable bonds is 7. The van der Waals surface area contributed by atoms with Gasteiger partial charge in [-0.25, -0.2) is 9.59 Å². The van der Waals surface area contributed by atoms with Crippen LogP contribution in [-0.4, -0.2) is 35.9 Å². The predicted octanol–water partition coefficient (Wildman–Crippen LogP) is 4.27. The number of esters is 2. The van der Waals surface area contributed by atoms with Gasteiger partial charge >= 0.3 is 11.9 Å². The van der Waals surface area contributed by atoms with Crippen LogP contribution in [0.5, 0.6) is 0 Å². The van der Waals surface area contributed by atoms with Crippen molar-refractivity contribution in [1.29, 1.82) is 0 Å². The molecule has 0 atom stereocenters. The van der Waals surface area contributed by atoms with Crippen molar-refractivity contribution in [1.82, 2.24) is 4.98 Å². The zero-order valence-corrected chi connectivity index (χ0v) is 16.2. The fourth-order valence-corrected chi connectivity index (χ4v) is 3.10. The highest BCUT2D eigenvalue weighted by Gasteiger charge is 2.32. The molecule has 6 heteroatoms. The Bertz CT molecular complexity index is 1020. The van der Waals surface area contributed by atoms with Crippen molar-refractivity contribution in [2.75, 3.05) is 13.2 Å². The van der Waals surface area contributed by atoms with Crippen LogP contribution in [0.1, 0.15) is 34.7 Å². The first-order valence-corrected chi connectivity index (χ1v) is 9.33. The lowest BCUT2D eigenvalue weighted by Gasteiger charge is -2.08. The maximum Gasteiger partial charge on any atom is 0.379 e. The van der Waals surface area contributed by atoms with Gasteiger partial charge in [0.25, 0.3) is 5.78 Å². The SMILES string of the molecule is CCOC(=O)C(=O)c1c(-c2ccccc2)[nH]c(C(=O)OCC)c1-c1ccccc1. The lowest BCUT2D eigenvalue weighted by Crippen LogP contribution is -2.18. The van der Waals surface area contributed by atoms with E-state index in [0.717, 1.165) is 0 Å². The Morgan fingerprint density at radius 1 is 0.793 bits per heavy atom. The second-order valence-electron chi connectivity index (χ2n) is 6.13. The zero-order chi connectivity index (χ0) is 20.8.